The fraction of sp³-hybridized carbons (Fsp3) is 0.438. The fourth-order valence-corrected chi connectivity index (χ4v) is 2.31. The number of amides is 1. The summed E-state index contributed by atoms with van der Waals surface area (Å²) in [5.74, 6) is 1.16. The van der Waals surface area contributed by atoms with Crippen molar-refractivity contribution in [2.24, 2.45) is 5.73 Å². The molecule has 0 aliphatic rings. The molecule has 2 rings (SSSR count). The van der Waals surface area contributed by atoms with Crippen LogP contribution in [0, 0.1) is 6.92 Å². The van der Waals surface area contributed by atoms with E-state index in [9.17, 15) is 4.79 Å². The summed E-state index contributed by atoms with van der Waals surface area (Å²) >= 11 is 0. The zero-order valence-electron chi connectivity index (χ0n) is 14.0. The van der Waals surface area contributed by atoms with Gasteiger partial charge in [-0.15, -0.1) is 12.4 Å². The van der Waals surface area contributed by atoms with Gasteiger partial charge in [-0.25, -0.2) is 0 Å². The highest BCUT2D eigenvalue weighted by molar-refractivity contribution is 5.85. The standard InChI is InChI=1S/C16H22N4O3.ClH/c1-4-7-12(17)16(21)19-14(15-18-10(2)23-20-15)11-8-5-6-9-13(11)22-3;/h5-6,8-9,12,14H,4,7,17H2,1-3H3,(H,19,21);1H. The monoisotopic (exact) mass is 354 g/mol. The molecule has 1 amide bonds. The number of methoxy groups -OCH3 is 1. The lowest BCUT2D eigenvalue weighted by atomic mass is 10.0. The molecule has 132 valence electrons. The number of nitrogens with two attached hydrogens (primary N) is 1. The van der Waals surface area contributed by atoms with Crippen LogP contribution in [0.5, 0.6) is 5.75 Å². The van der Waals surface area contributed by atoms with Gasteiger partial charge in [-0.05, 0) is 12.5 Å². The number of carbonyl (C=O) groups is 1. The molecule has 0 fully saturated rings. The quantitative estimate of drug-likeness (QED) is 0.789. The fourth-order valence-electron chi connectivity index (χ4n) is 2.31. The van der Waals surface area contributed by atoms with Crippen LogP contribution in [0.3, 0.4) is 0 Å². The summed E-state index contributed by atoms with van der Waals surface area (Å²) in [6.45, 7) is 3.67. The molecule has 7 nitrogen and oxygen atoms in total. The van der Waals surface area contributed by atoms with Gasteiger partial charge in [0.2, 0.25) is 11.8 Å². The summed E-state index contributed by atoms with van der Waals surface area (Å²) in [5.41, 5.74) is 6.64. The first-order valence-corrected chi connectivity index (χ1v) is 7.55. The van der Waals surface area contributed by atoms with Gasteiger partial charge in [0.25, 0.3) is 0 Å². The van der Waals surface area contributed by atoms with E-state index in [1.54, 1.807) is 14.0 Å². The van der Waals surface area contributed by atoms with Gasteiger partial charge in [0.1, 0.15) is 11.8 Å². The van der Waals surface area contributed by atoms with E-state index in [0.29, 0.717) is 23.9 Å². The molecule has 2 atom stereocenters. The van der Waals surface area contributed by atoms with Gasteiger partial charge in [-0.2, -0.15) is 4.98 Å². The van der Waals surface area contributed by atoms with E-state index in [2.05, 4.69) is 15.5 Å². The molecule has 1 aromatic carbocycles. The summed E-state index contributed by atoms with van der Waals surface area (Å²) in [6.07, 6.45) is 1.44. The van der Waals surface area contributed by atoms with Gasteiger partial charge < -0.3 is 20.3 Å². The summed E-state index contributed by atoms with van der Waals surface area (Å²) in [4.78, 5) is 16.6. The second-order valence-corrected chi connectivity index (χ2v) is 5.25. The van der Waals surface area contributed by atoms with E-state index < -0.39 is 12.1 Å². The molecule has 1 heterocycles. The predicted molar refractivity (Wildman–Crippen MR) is 92.1 cm³/mol. The maximum atomic E-state index is 12.3. The number of para-hydroxylation sites is 1. The SMILES string of the molecule is CCCC(N)C(=O)NC(c1noc(C)n1)c1ccccc1OC.Cl. The minimum atomic E-state index is -0.584. The number of carbonyl (C=O) groups excluding carboxylic acids is 1. The van der Waals surface area contributed by atoms with E-state index in [-0.39, 0.29) is 18.3 Å². The van der Waals surface area contributed by atoms with Crippen molar-refractivity contribution in [2.45, 2.75) is 38.8 Å². The van der Waals surface area contributed by atoms with Crippen molar-refractivity contribution >= 4 is 18.3 Å². The van der Waals surface area contributed by atoms with Crippen LogP contribution in [0.2, 0.25) is 0 Å². The Kier molecular flexibility index (Phi) is 7.67. The molecule has 1 aromatic heterocycles. The highest BCUT2D eigenvalue weighted by Gasteiger charge is 2.26. The average Bonchev–Trinajstić information content (AvgIpc) is 2.98. The third-order valence-electron chi connectivity index (χ3n) is 3.47. The molecule has 0 aliphatic carbocycles. The summed E-state index contributed by atoms with van der Waals surface area (Å²) in [6, 6.07) is 6.21. The third kappa shape index (κ3) is 4.69. The Bertz CT molecular complexity index is 662. The normalized spacial score (nSPS) is 12.8. The molecule has 0 spiro atoms. The average molecular weight is 355 g/mol. The molecule has 2 unspecified atom stereocenters. The molecule has 0 bridgehead atoms. The van der Waals surface area contributed by atoms with Gasteiger partial charge in [-0.1, -0.05) is 36.7 Å². The van der Waals surface area contributed by atoms with Crippen LogP contribution in [0.4, 0.5) is 0 Å². The Labute approximate surface area is 147 Å². The lowest BCUT2D eigenvalue weighted by Gasteiger charge is -2.20. The third-order valence-corrected chi connectivity index (χ3v) is 3.47. The number of rotatable bonds is 7. The Morgan fingerprint density at radius 3 is 2.71 bits per heavy atom. The number of ether oxygens (including phenoxy) is 1. The predicted octanol–water partition coefficient (Wildman–Crippen LogP) is 2.14. The first-order chi connectivity index (χ1) is 11.1. The molecule has 3 N–H and O–H groups in total. The highest BCUT2D eigenvalue weighted by atomic mass is 35.5. The van der Waals surface area contributed by atoms with Crippen molar-refractivity contribution < 1.29 is 14.1 Å². The van der Waals surface area contributed by atoms with Crippen LogP contribution in [0.25, 0.3) is 0 Å². The number of hydrogen-bond acceptors (Lipinski definition) is 6. The second kappa shape index (κ2) is 9.24. The maximum Gasteiger partial charge on any atom is 0.237 e. The number of aryl methyl sites for hydroxylation is 1. The number of nitrogens with zero attached hydrogens (tertiary/aromatic N) is 2. The first-order valence-electron chi connectivity index (χ1n) is 7.55. The largest absolute Gasteiger partial charge is 0.496 e. The van der Waals surface area contributed by atoms with Gasteiger partial charge >= 0.3 is 0 Å². The van der Waals surface area contributed by atoms with Crippen LogP contribution in [0.15, 0.2) is 28.8 Å². The number of nitrogens with one attached hydrogen (secondary N) is 1. The number of halogens is 1. The van der Waals surface area contributed by atoms with Gasteiger partial charge in [0.05, 0.1) is 13.2 Å². The Morgan fingerprint density at radius 1 is 1.42 bits per heavy atom. The zero-order valence-corrected chi connectivity index (χ0v) is 14.8. The topological polar surface area (TPSA) is 103 Å². The molecular weight excluding hydrogens is 332 g/mol. The van der Waals surface area contributed by atoms with Crippen molar-refractivity contribution in [3.05, 3.63) is 41.5 Å². The molecular formula is C16H23ClN4O3. The van der Waals surface area contributed by atoms with E-state index in [1.807, 2.05) is 31.2 Å². The van der Waals surface area contributed by atoms with Crippen LogP contribution >= 0.6 is 12.4 Å². The van der Waals surface area contributed by atoms with Gasteiger partial charge in [0, 0.05) is 12.5 Å². The number of aromatic nitrogens is 2. The van der Waals surface area contributed by atoms with E-state index in [1.165, 1.54) is 0 Å². The zero-order chi connectivity index (χ0) is 16.8. The highest BCUT2D eigenvalue weighted by Crippen LogP contribution is 2.28. The smallest absolute Gasteiger partial charge is 0.237 e. The van der Waals surface area contributed by atoms with Gasteiger partial charge in [0.15, 0.2) is 5.82 Å². The number of hydrogen-bond donors (Lipinski definition) is 2. The Hall–Kier alpha value is -2.12. The molecule has 0 saturated heterocycles. The molecule has 8 heteroatoms. The molecule has 0 aliphatic heterocycles. The van der Waals surface area contributed by atoms with Crippen LogP contribution in [0.1, 0.15) is 43.1 Å². The van der Waals surface area contributed by atoms with Crippen molar-refractivity contribution in [1.29, 1.82) is 0 Å². The van der Waals surface area contributed by atoms with Crippen molar-refractivity contribution in [2.75, 3.05) is 7.11 Å². The van der Waals surface area contributed by atoms with Crippen LogP contribution < -0.4 is 15.8 Å². The molecule has 2 aromatic rings. The van der Waals surface area contributed by atoms with Gasteiger partial charge in [-0.3, -0.25) is 4.79 Å². The minimum absolute atomic E-state index is 0. The van der Waals surface area contributed by atoms with E-state index in [4.69, 9.17) is 15.0 Å². The Balaban J connectivity index is 0.00000288. The lowest BCUT2D eigenvalue weighted by molar-refractivity contribution is -0.123. The van der Waals surface area contributed by atoms with Crippen LogP contribution in [-0.4, -0.2) is 29.2 Å². The molecule has 0 saturated carbocycles. The second-order valence-electron chi connectivity index (χ2n) is 5.25. The summed E-state index contributed by atoms with van der Waals surface area (Å²) < 4.78 is 10.4. The summed E-state index contributed by atoms with van der Waals surface area (Å²) in [5, 5.41) is 6.82. The Morgan fingerprint density at radius 2 is 2.12 bits per heavy atom. The van der Waals surface area contributed by atoms with Crippen molar-refractivity contribution in [3.8, 4) is 5.75 Å². The molecule has 24 heavy (non-hydrogen) atoms. The minimum Gasteiger partial charge on any atom is -0.496 e. The molecule has 0 radical (unpaired) electrons. The van der Waals surface area contributed by atoms with E-state index >= 15 is 0 Å². The van der Waals surface area contributed by atoms with Crippen molar-refractivity contribution in [3.63, 3.8) is 0 Å². The van der Waals surface area contributed by atoms with Crippen molar-refractivity contribution in [1.82, 2.24) is 15.5 Å². The lowest BCUT2D eigenvalue weighted by Crippen LogP contribution is -2.42. The van der Waals surface area contributed by atoms with Crippen LogP contribution in [-0.2, 0) is 4.79 Å². The van der Waals surface area contributed by atoms with E-state index in [0.717, 1.165) is 12.0 Å². The number of benzene rings is 1. The first kappa shape index (κ1) is 19.9. The maximum absolute atomic E-state index is 12.3. The summed E-state index contributed by atoms with van der Waals surface area (Å²) in [7, 11) is 1.57.